The van der Waals surface area contributed by atoms with Gasteiger partial charge in [0, 0.05) is 12.0 Å². The van der Waals surface area contributed by atoms with E-state index in [0.29, 0.717) is 5.56 Å². The molecule has 152 valence electrons. The molecule has 2 rings (SSSR count). The lowest BCUT2D eigenvalue weighted by molar-refractivity contribution is -0.266. The van der Waals surface area contributed by atoms with E-state index >= 15 is 0 Å². The molecule has 0 saturated heterocycles. The molecule has 0 aromatic heterocycles. The maximum Gasteiger partial charge on any atom is 0.417 e. The summed E-state index contributed by atoms with van der Waals surface area (Å²) in [7, 11) is 1.37. The molecule has 2 nitrogen and oxygen atoms in total. The first-order valence-electron chi connectivity index (χ1n) is 8.76. The lowest BCUT2D eigenvalue weighted by Gasteiger charge is -2.38. The predicted molar refractivity (Wildman–Crippen MR) is 102 cm³/mol. The molecule has 0 bridgehead atoms. The zero-order valence-corrected chi connectivity index (χ0v) is 16.1. The van der Waals surface area contributed by atoms with Crippen molar-refractivity contribution < 1.29 is 27.4 Å². The lowest BCUT2D eigenvalue weighted by Crippen LogP contribution is -2.50. The molecule has 0 aliphatic carbocycles. The van der Waals surface area contributed by atoms with E-state index in [4.69, 9.17) is 4.74 Å². The van der Waals surface area contributed by atoms with E-state index in [1.165, 1.54) is 45.2 Å². The summed E-state index contributed by atoms with van der Waals surface area (Å²) >= 11 is 0. The zero-order chi connectivity index (χ0) is 21.2. The summed E-state index contributed by atoms with van der Waals surface area (Å²) in [5.74, 6) is -0.314. The maximum absolute atomic E-state index is 13.9. The molecule has 0 fully saturated rings. The van der Waals surface area contributed by atoms with Crippen LogP contribution in [-0.4, -0.2) is 24.0 Å². The van der Waals surface area contributed by atoms with Gasteiger partial charge in [-0.05, 0) is 41.2 Å². The molecule has 1 N–H and O–H groups in total. The van der Waals surface area contributed by atoms with Gasteiger partial charge in [-0.15, -0.1) is 0 Å². The summed E-state index contributed by atoms with van der Waals surface area (Å²) in [5, 5.41) is 10.7. The minimum Gasteiger partial charge on any atom is -0.496 e. The second-order valence-corrected chi connectivity index (χ2v) is 7.56. The second kappa shape index (κ2) is 7.95. The van der Waals surface area contributed by atoms with Gasteiger partial charge in [0.15, 0.2) is 5.60 Å². The lowest BCUT2D eigenvalue weighted by atomic mass is 9.72. The molecule has 0 saturated carbocycles. The number of hydrogen-bond acceptors (Lipinski definition) is 2. The third-order valence-corrected chi connectivity index (χ3v) is 4.86. The Morgan fingerprint density at radius 3 is 2.18 bits per heavy atom. The molecule has 0 radical (unpaired) electrons. The quantitative estimate of drug-likeness (QED) is 0.610. The van der Waals surface area contributed by atoms with E-state index in [2.05, 4.69) is 6.58 Å². The Hall–Kier alpha value is -2.34. The number of ether oxygens (including phenoxy) is 1. The van der Waals surface area contributed by atoms with Crippen molar-refractivity contribution in [2.24, 2.45) is 0 Å². The largest absolute Gasteiger partial charge is 0.496 e. The average Bonchev–Trinajstić information content (AvgIpc) is 2.61. The number of hydrogen-bond donors (Lipinski definition) is 1. The minimum absolute atomic E-state index is 0.264. The average molecular weight is 396 g/mol. The van der Waals surface area contributed by atoms with Crippen molar-refractivity contribution in [1.82, 2.24) is 0 Å². The molecule has 6 heteroatoms. The van der Waals surface area contributed by atoms with Crippen LogP contribution in [-0.2, 0) is 11.8 Å². The topological polar surface area (TPSA) is 29.5 Å². The Morgan fingerprint density at radius 2 is 1.68 bits per heavy atom. The fourth-order valence-corrected chi connectivity index (χ4v) is 3.41. The highest BCUT2D eigenvalue weighted by molar-refractivity contribution is 5.47. The third-order valence-electron chi connectivity index (χ3n) is 4.86. The summed E-state index contributed by atoms with van der Waals surface area (Å²) in [5.41, 5.74) is -2.83. The van der Waals surface area contributed by atoms with Gasteiger partial charge in [-0.3, -0.25) is 0 Å². The van der Waals surface area contributed by atoms with Crippen LogP contribution in [0.2, 0.25) is 0 Å². The molecule has 2 aromatic rings. The first-order chi connectivity index (χ1) is 12.9. The molecule has 2 aromatic carbocycles. The van der Waals surface area contributed by atoms with Crippen LogP contribution in [0.15, 0.2) is 49.0 Å². The molecule has 0 heterocycles. The monoisotopic (exact) mass is 396 g/mol. The molecule has 0 aliphatic heterocycles. The van der Waals surface area contributed by atoms with E-state index in [-0.39, 0.29) is 11.3 Å². The van der Waals surface area contributed by atoms with Crippen LogP contribution in [0.5, 0.6) is 5.75 Å². The SMILES string of the molecule is C=Cc1ccc(CC(O)(CC(C)(C)c2cc(F)ccc2OC)C(F)(F)F)cc1. The fraction of sp³-hybridized carbons (Fsp3) is 0.364. The van der Waals surface area contributed by atoms with Gasteiger partial charge in [0.2, 0.25) is 0 Å². The minimum atomic E-state index is -4.87. The van der Waals surface area contributed by atoms with Gasteiger partial charge in [0.25, 0.3) is 0 Å². The molecule has 1 unspecified atom stereocenters. The van der Waals surface area contributed by atoms with E-state index in [1.807, 2.05) is 0 Å². The predicted octanol–water partition coefficient (Wildman–Crippen LogP) is 5.68. The highest BCUT2D eigenvalue weighted by Crippen LogP contribution is 2.45. The highest BCUT2D eigenvalue weighted by Gasteiger charge is 2.56. The molecule has 0 aliphatic rings. The Kier molecular flexibility index (Phi) is 6.24. The Bertz CT molecular complexity index is 825. The van der Waals surface area contributed by atoms with Crippen LogP contribution in [0.25, 0.3) is 6.08 Å². The van der Waals surface area contributed by atoms with Crippen molar-refractivity contribution in [2.45, 2.75) is 43.9 Å². The molecule has 1 atom stereocenters. The van der Waals surface area contributed by atoms with Gasteiger partial charge in [-0.1, -0.05) is 50.8 Å². The maximum atomic E-state index is 13.9. The van der Waals surface area contributed by atoms with Crippen molar-refractivity contribution >= 4 is 6.08 Å². The number of aliphatic hydroxyl groups is 1. The smallest absolute Gasteiger partial charge is 0.417 e. The summed E-state index contributed by atoms with van der Waals surface area (Å²) in [6.45, 7) is 6.67. The number of rotatable bonds is 7. The van der Waals surface area contributed by atoms with Gasteiger partial charge >= 0.3 is 6.18 Å². The van der Waals surface area contributed by atoms with Gasteiger partial charge in [0.1, 0.15) is 11.6 Å². The first-order valence-corrected chi connectivity index (χ1v) is 8.76. The van der Waals surface area contributed by atoms with Gasteiger partial charge in [-0.25, -0.2) is 4.39 Å². The van der Waals surface area contributed by atoms with Crippen LogP contribution >= 0.6 is 0 Å². The summed E-state index contributed by atoms with van der Waals surface area (Å²) < 4.78 is 60.6. The van der Waals surface area contributed by atoms with Gasteiger partial charge in [0.05, 0.1) is 7.11 Å². The van der Waals surface area contributed by atoms with Crippen LogP contribution in [0.1, 0.15) is 37.0 Å². The normalized spacial score (nSPS) is 14.4. The summed E-state index contributed by atoms with van der Waals surface area (Å²) in [4.78, 5) is 0. The van der Waals surface area contributed by atoms with E-state index in [1.54, 1.807) is 18.2 Å². The molecule has 0 amide bonds. The molecule has 28 heavy (non-hydrogen) atoms. The number of halogens is 4. The zero-order valence-electron chi connectivity index (χ0n) is 16.1. The van der Waals surface area contributed by atoms with Crippen molar-refractivity contribution in [2.75, 3.05) is 7.11 Å². The number of alkyl halides is 3. The third kappa shape index (κ3) is 4.73. The number of methoxy groups -OCH3 is 1. The van der Waals surface area contributed by atoms with Crippen LogP contribution in [0.3, 0.4) is 0 Å². The Morgan fingerprint density at radius 1 is 1.07 bits per heavy atom. The molecule has 0 spiro atoms. The van der Waals surface area contributed by atoms with E-state index in [0.717, 1.165) is 11.6 Å². The van der Waals surface area contributed by atoms with Crippen molar-refractivity contribution in [1.29, 1.82) is 0 Å². The Labute approximate surface area is 162 Å². The highest BCUT2D eigenvalue weighted by atomic mass is 19.4. The van der Waals surface area contributed by atoms with Gasteiger partial charge < -0.3 is 9.84 Å². The van der Waals surface area contributed by atoms with Crippen molar-refractivity contribution in [3.8, 4) is 5.75 Å². The van der Waals surface area contributed by atoms with Crippen LogP contribution in [0, 0.1) is 5.82 Å². The van der Waals surface area contributed by atoms with Crippen molar-refractivity contribution in [3.05, 3.63) is 71.6 Å². The Balaban J connectivity index is 2.42. The molecular formula is C22H24F4O2. The van der Waals surface area contributed by atoms with Crippen LogP contribution in [0.4, 0.5) is 17.6 Å². The first kappa shape index (κ1) is 22.0. The summed E-state index contributed by atoms with van der Waals surface area (Å²) in [6.07, 6.45) is -4.57. The van der Waals surface area contributed by atoms with E-state index in [9.17, 15) is 22.7 Å². The second-order valence-electron chi connectivity index (χ2n) is 7.56. The molecular weight excluding hydrogens is 372 g/mol. The fourth-order valence-electron chi connectivity index (χ4n) is 3.41. The number of benzene rings is 2. The van der Waals surface area contributed by atoms with Gasteiger partial charge in [-0.2, -0.15) is 13.2 Å². The summed E-state index contributed by atoms with van der Waals surface area (Å²) in [6, 6.07) is 10.0. The van der Waals surface area contributed by atoms with E-state index < -0.39 is 35.9 Å². The standard InChI is InChI=1S/C22H24F4O2/c1-5-15-6-8-16(9-7-15)13-21(27,22(24,25)26)14-20(2,3)18-12-17(23)10-11-19(18)28-4/h5-12,27H,1,13-14H2,2-4H3. The van der Waals surface area contributed by atoms with Crippen LogP contribution < -0.4 is 4.74 Å². The van der Waals surface area contributed by atoms with Crippen molar-refractivity contribution in [3.63, 3.8) is 0 Å².